The van der Waals surface area contributed by atoms with Crippen molar-refractivity contribution in [3.63, 3.8) is 0 Å². The smallest absolute Gasteiger partial charge is 0.211 e. The van der Waals surface area contributed by atoms with Crippen molar-refractivity contribution in [2.45, 2.75) is 12.8 Å². The van der Waals surface area contributed by atoms with E-state index in [1.54, 1.807) is 36.7 Å². The zero-order chi connectivity index (χ0) is 15.1. The Hall–Kier alpha value is -1.92. The molecule has 0 saturated heterocycles. The highest BCUT2D eigenvalue weighted by Gasteiger charge is 2.09. The molecule has 0 amide bonds. The first kappa shape index (κ1) is 15.5. The van der Waals surface area contributed by atoms with Gasteiger partial charge in [-0.15, -0.1) is 0 Å². The third-order valence-electron chi connectivity index (χ3n) is 3.08. The molecule has 112 valence electrons. The van der Waals surface area contributed by atoms with Gasteiger partial charge in [0, 0.05) is 18.9 Å². The zero-order valence-electron chi connectivity index (χ0n) is 11.6. The zero-order valence-corrected chi connectivity index (χ0v) is 12.4. The van der Waals surface area contributed by atoms with E-state index in [-0.39, 0.29) is 11.5 Å². The first-order chi connectivity index (χ1) is 10.1. The van der Waals surface area contributed by atoms with Crippen molar-refractivity contribution in [2.75, 3.05) is 12.3 Å². The molecule has 2 aromatic rings. The van der Waals surface area contributed by atoms with Crippen molar-refractivity contribution in [3.05, 3.63) is 59.9 Å². The minimum Gasteiger partial charge on any atom is -0.508 e. The first-order valence-corrected chi connectivity index (χ1v) is 8.34. The predicted octanol–water partition coefficient (Wildman–Crippen LogP) is 1.49. The van der Waals surface area contributed by atoms with Crippen LogP contribution in [0.3, 0.4) is 0 Å². The molecular weight excluding hydrogens is 288 g/mol. The number of rotatable bonds is 7. The Bertz CT molecular complexity index is 655. The lowest BCUT2D eigenvalue weighted by molar-refractivity contribution is 0.475. The van der Waals surface area contributed by atoms with Crippen LogP contribution in [0.5, 0.6) is 5.75 Å². The largest absolute Gasteiger partial charge is 0.508 e. The van der Waals surface area contributed by atoms with Crippen LogP contribution in [0, 0.1) is 0 Å². The van der Waals surface area contributed by atoms with Crippen molar-refractivity contribution in [1.29, 1.82) is 0 Å². The van der Waals surface area contributed by atoms with Crippen LogP contribution in [0.15, 0.2) is 48.8 Å². The summed E-state index contributed by atoms with van der Waals surface area (Å²) in [5.74, 6) is 0.267. The maximum absolute atomic E-state index is 11.9. The monoisotopic (exact) mass is 306 g/mol. The summed E-state index contributed by atoms with van der Waals surface area (Å²) in [5.41, 5.74) is 1.93. The fourth-order valence-corrected chi connectivity index (χ4v) is 2.95. The van der Waals surface area contributed by atoms with E-state index < -0.39 is 10.0 Å². The summed E-state index contributed by atoms with van der Waals surface area (Å²) in [5, 5.41) is 9.17. The second-order valence-electron chi connectivity index (χ2n) is 4.74. The molecule has 2 rings (SSSR count). The minimum atomic E-state index is -3.28. The average Bonchev–Trinajstić information content (AvgIpc) is 2.48. The second-order valence-corrected chi connectivity index (χ2v) is 6.66. The first-order valence-electron chi connectivity index (χ1n) is 6.69. The van der Waals surface area contributed by atoms with Crippen LogP contribution in [0.2, 0.25) is 0 Å². The van der Waals surface area contributed by atoms with E-state index in [4.69, 9.17) is 0 Å². The van der Waals surface area contributed by atoms with E-state index in [1.807, 2.05) is 12.1 Å². The number of hydrogen-bond donors (Lipinski definition) is 2. The maximum atomic E-state index is 11.9. The molecule has 0 aliphatic carbocycles. The molecule has 2 N–H and O–H groups in total. The second kappa shape index (κ2) is 7.19. The lowest BCUT2D eigenvalue weighted by Crippen LogP contribution is -2.29. The molecule has 0 aliphatic rings. The van der Waals surface area contributed by atoms with Crippen molar-refractivity contribution in [2.24, 2.45) is 0 Å². The third-order valence-corrected chi connectivity index (χ3v) is 4.47. The Morgan fingerprint density at radius 2 is 1.57 bits per heavy atom. The Labute approximate surface area is 124 Å². The minimum absolute atomic E-state index is 0.0621. The molecule has 0 bridgehead atoms. The Morgan fingerprint density at radius 3 is 2.24 bits per heavy atom. The number of benzene rings is 1. The molecule has 1 aromatic heterocycles. The van der Waals surface area contributed by atoms with Crippen molar-refractivity contribution in [1.82, 2.24) is 9.71 Å². The Balaban J connectivity index is 1.77. The highest BCUT2D eigenvalue weighted by atomic mass is 32.2. The van der Waals surface area contributed by atoms with Crippen LogP contribution < -0.4 is 4.72 Å². The molecular formula is C15H18N2O3S. The summed E-state index contributed by atoms with van der Waals surface area (Å²) in [6, 6.07) is 10.4. The van der Waals surface area contributed by atoms with Gasteiger partial charge in [0.05, 0.1) is 5.75 Å². The standard InChI is InChI=1S/C15H18N2O3S/c18-15-3-1-13(2-4-15)7-11-17-21(19,20)12-8-14-5-9-16-10-6-14/h1-6,9-10,17-18H,7-8,11-12H2. The summed E-state index contributed by atoms with van der Waals surface area (Å²) >= 11 is 0. The SMILES string of the molecule is O=S(=O)(CCc1ccncc1)NCCc1ccc(O)cc1. The van der Waals surface area contributed by atoms with Crippen LogP contribution in [0.25, 0.3) is 0 Å². The molecule has 0 unspecified atom stereocenters. The molecule has 21 heavy (non-hydrogen) atoms. The van der Waals surface area contributed by atoms with Crippen molar-refractivity contribution < 1.29 is 13.5 Å². The van der Waals surface area contributed by atoms with Crippen molar-refractivity contribution >= 4 is 10.0 Å². The molecule has 0 aliphatic heterocycles. The number of aromatic nitrogens is 1. The van der Waals surface area contributed by atoms with E-state index in [0.717, 1.165) is 11.1 Å². The van der Waals surface area contributed by atoms with E-state index in [2.05, 4.69) is 9.71 Å². The molecule has 0 radical (unpaired) electrons. The summed E-state index contributed by atoms with van der Waals surface area (Å²) in [4.78, 5) is 3.90. The summed E-state index contributed by atoms with van der Waals surface area (Å²) in [7, 11) is -3.28. The number of sulfonamides is 1. The van der Waals surface area contributed by atoms with Gasteiger partial charge in [-0.25, -0.2) is 13.1 Å². The summed E-state index contributed by atoms with van der Waals surface area (Å²) in [6.07, 6.45) is 4.37. The van der Waals surface area contributed by atoms with Gasteiger partial charge in [-0.1, -0.05) is 12.1 Å². The predicted molar refractivity (Wildman–Crippen MR) is 81.5 cm³/mol. The molecule has 0 saturated carbocycles. The van der Waals surface area contributed by atoms with E-state index >= 15 is 0 Å². The molecule has 5 nitrogen and oxygen atoms in total. The fraction of sp³-hybridized carbons (Fsp3) is 0.267. The number of nitrogens with one attached hydrogen (secondary N) is 1. The number of hydrogen-bond acceptors (Lipinski definition) is 4. The van der Waals surface area contributed by atoms with Crippen LogP contribution in [-0.2, 0) is 22.9 Å². The van der Waals surface area contributed by atoms with Crippen LogP contribution in [0.4, 0.5) is 0 Å². The molecule has 6 heteroatoms. The van der Waals surface area contributed by atoms with Gasteiger partial charge < -0.3 is 5.11 Å². The van der Waals surface area contributed by atoms with Gasteiger partial charge in [-0.3, -0.25) is 4.98 Å². The summed E-state index contributed by atoms with van der Waals surface area (Å²) < 4.78 is 26.3. The topological polar surface area (TPSA) is 79.3 Å². The van der Waals surface area contributed by atoms with E-state index in [0.29, 0.717) is 19.4 Å². The Morgan fingerprint density at radius 1 is 0.952 bits per heavy atom. The molecule has 0 spiro atoms. The number of aromatic hydroxyl groups is 1. The average molecular weight is 306 g/mol. The van der Waals surface area contributed by atoms with Gasteiger partial charge >= 0.3 is 0 Å². The van der Waals surface area contributed by atoms with E-state index in [1.165, 1.54) is 0 Å². The van der Waals surface area contributed by atoms with E-state index in [9.17, 15) is 13.5 Å². The number of nitrogens with zero attached hydrogens (tertiary/aromatic N) is 1. The van der Waals surface area contributed by atoms with Crippen LogP contribution >= 0.6 is 0 Å². The van der Waals surface area contributed by atoms with Gasteiger partial charge in [0.2, 0.25) is 10.0 Å². The lowest BCUT2D eigenvalue weighted by Gasteiger charge is -2.07. The number of phenols is 1. The highest BCUT2D eigenvalue weighted by molar-refractivity contribution is 7.89. The van der Waals surface area contributed by atoms with Gasteiger partial charge in [-0.05, 0) is 48.2 Å². The summed E-state index contributed by atoms with van der Waals surface area (Å²) in [6.45, 7) is 0.351. The quantitative estimate of drug-likeness (QED) is 0.812. The lowest BCUT2D eigenvalue weighted by atomic mass is 10.1. The molecule has 1 heterocycles. The van der Waals surface area contributed by atoms with Gasteiger partial charge in [-0.2, -0.15) is 0 Å². The van der Waals surface area contributed by atoms with Gasteiger partial charge in [0.25, 0.3) is 0 Å². The van der Waals surface area contributed by atoms with Crippen molar-refractivity contribution in [3.8, 4) is 5.75 Å². The number of pyridine rings is 1. The van der Waals surface area contributed by atoms with Gasteiger partial charge in [0.1, 0.15) is 5.75 Å². The van der Waals surface area contributed by atoms with Crippen LogP contribution in [-0.4, -0.2) is 30.8 Å². The van der Waals surface area contributed by atoms with Gasteiger partial charge in [0.15, 0.2) is 0 Å². The highest BCUT2D eigenvalue weighted by Crippen LogP contribution is 2.09. The molecule has 0 atom stereocenters. The Kier molecular flexibility index (Phi) is 5.30. The normalized spacial score (nSPS) is 11.4. The number of aryl methyl sites for hydroxylation is 1. The number of phenolic OH excluding ortho intramolecular Hbond substituents is 1. The maximum Gasteiger partial charge on any atom is 0.211 e. The van der Waals surface area contributed by atoms with Crippen LogP contribution in [0.1, 0.15) is 11.1 Å². The molecule has 1 aromatic carbocycles. The third kappa shape index (κ3) is 5.53. The molecule has 0 fully saturated rings. The fourth-order valence-electron chi connectivity index (χ4n) is 1.89.